The molecule has 0 amide bonds. The molecule has 2 fully saturated rings. The molecule has 1 N–H and O–H groups in total. The lowest BCUT2D eigenvalue weighted by Crippen LogP contribution is -2.48. The van der Waals surface area contributed by atoms with E-state index in [2.05, 4.69) is 17.3 Å². The van der Waals surface area contributed by atoms with Crippen molar-refractivity contribution < 1.29 is 4.74 Å². The molecule has 2 aliphatic rings. The lowest BCUT2D eigenvalue weighted by atomic mass is 9.87. The first-order valence-electron chi connectivity index (χ1n) is 6.23. The van der Waals surface area contributed by atoms with Crippen molar-refractivity contribution in [1.29, 1.82) is 0 Å². The molecule has 1 saturated heterocycles. The molecule has 3 heteroatoms. The minimum absolute atomic E-state index is 0.533. The topological polar surface area (TPSA) is 24.5 Å². The number of methoxy groups -OCH3 is 1. The van der Waals surface area contributed by atoms with Gasteiger partial charge in [0, 0.05) is 19.7 Å². The van der Waals surface area contributed by atoms with E-state index in [1.165, 1.54) is 45.3 Å². The summed E-state index contributed by atoms with van der Waals surface area (Å²) in [5, 5.41) is 3.42. The van der Waals surface area contributed by atoms with Crippen LogP contribution in [-0.4, -0.2) is 50.8 Å². The van der Waals surface area contributed by atoms with Crippen LogP contribution in [0.5, 0.6) is 0 Å². The van der Waals surface area contributed by atoms with Crippen molar-refractivity contribution in [2.45, 2.75) is 37.8 Å². The van der Waals surface area contributed by atoms with Crippen LogP contribution in [0.25, 0.3) is 0 Å². The molecule has 1 saturated carbocycles. The Labute approximate surface area is 93.2 Å². The number of ether oxygens (including phenoxy) is 1. The lowest BCUT2D eigenvalue weighted by molar-refractivity contribution is -0.0240. The van der Waals surface area contributed by atoms with Crippen molar-refractivity contribution in [1.82, 2.24) is 10.2 Å². The molecule has 3 nitrogen and oxygen atoms in total. The van der Waals surface area contributed by atoms with Gasteiger partial charge in [0.15, 0.2) is 0 Å². The number of rotatable bonds is 4. The zero-order chi connectivity index (χ0) is 10.7. The molecular weight excluding hydrogens is 188 g/mol. The van der Waals surface area contributed by atoms with Crippen LogP contribution in [0.2, 0.25) is 0 Å². The van der Waals surface area contributed by atoms with Crippen LogP contribution >= 0.6 is 0 Å². The molecule has 1 aliphatic heterocycles. The zero-order valence-electron chi connectivity index (χ0n) is 10.0. The molecular formula is C12H24N2O. The summed E-state index contributed by atoms with van der Waals surface area (Å²) >= 11 is 0. The van der Waals surface area contributed by atoms with Gasteiger partial charge in [-0.1, -0.05) is 0 Å². The first kappa shape index (κ1) is 11.4. The lowest BCUT2D eigenvalue weighted by Gasteiger charge is -2.42. The fraction of sp³-hybridized carbons (Fsp3) is 1.00. The number of nitrogens with zero attached hydrogens (tertiary/aromatic N) is 1. The van der Waals surface area contributed by atoms with Gasteiger partial charge in [0.05, 0.1) is 6.10 Å². The van der Waals surface area contributed by atoms with E-state index in [4.69, 9.17) is 4.74 Å². The summed E-state index contributed by atoms with van der Waals surface area (Å²) in [5.74, 6) is 0.915. The Hall–Kier alpha value is -0.120. The normalized spacial score (nSPS) is 33.0. The van der Waals surface area contributed by atoms with E-state index in [1.54, 1.807) is 0 Å². The molecule has 2 rings (SSSR count). The van der Waals surface area contributed by atoms with Crippen LogP contribution in [0.15, 0.2) is 0 Å². The average Bonchev–Trinajstić information content (AvgIpc) is 2.17. The maximum Gasteiger partial charge on any atom is 0.0601 e. The fourth-order valence-corrected chi connectivity index (χ4v) is 2.71. The van der Waals surface area contributed by atoms with Crippen molar-refractivity contribution in [3.05, 3.63) is 0 Å². The zero-order valence-corrected chi connectivity index (χ0v) is 10.0. The first-order chi connectivity index (χ1) is 7.29. The van der Waals surface area contributed by atoms with Gasteiger partial charge in [-0.05, 0) is 51.7 Å². The predicted molar refractivity (Wildman–Crippen MR) is 62.0 cm³/mol. The van der Waals surface area contributed by atoms with E-state index >= 15 is 0 Å². The molecule has 0 radical (unpaired) electrons. The third kappa shape index (κ3) is 2.92. The number of hydrogen-bond acceptors (Lipinski definition) is 3. The van der Waals surface area contributed by atoms with Crippen molar-refractivity contribution >= 4 is 0 Å². The van der Waals surface area contributed by atoms with Crippen LogP contribution < -0.4 is 5.32 Å². The highest BCUT2D eigenvalue weighted by Crippen LogP contribution is 2.28. The van der Waals surface area contributed by atoms with E-state index in [9.17, 15) is 0 Å². The van der Waals surface area contributed by atoms with Crippen LogP contribution in [0.4, 0.5) is 0 Å². The smallest absolute Gasteiger partial charge is 0.0601 e. The predicted octanol–water partition coefficient (Wildman–Crippen LogP) is 1.10. The second-order valence-corrected chi connectivity index (χ2v) is 5.12. The molecule has 0 bridgehead atoms. The highest BCUT2D eigenvalue weighted by molar-refractivity contribution is 4.87. The maximum absolute atomic E-state index is 5.32. The fourth-order valence-electron chi connectivity index (χ4n) is 2.71. The molecule has 0 spiro atoms. The van der Waals surface area contributed by atoms with Crippen LogP contribution in [0.1, 0.15) is 25.7 Å². The van der Waals surface area contributed by atoms with Crippen molar-refractivity contribution in [2.75, 3.05) is 33.8 Å². The van der Waals surface area contributed by atoms with E-state index < -0.39 is 0 Å². The monoisotopic (exact) mass is 212 g/mol. The Morgan fingerprint density at radius 2 is 1.93 bits per heavy atom. The number of nitrogens with one attached hydrogen (secondary N) is 1. The Balaban J connectivity index is 1.66. The molecule has 15 heavy (non-hydrogen) atoms. The van der Waals surface area contributed by atoms with Gasteiger partial charge in [-0.3, -0.25) is 0 Å². The summed E-state index contributed by atoms with van der Waals surface area (Å²) in [6.45, 7) is 3.70. The molecule has 1 aliphatic carbocycles. The number of hydrogen-bond donors (Lipinski definition) is 1. The molecule has 0 aromatic rings. The Kier molecular flexibility index (Phi) is 4.00. The van der Waals surface area contributed by atoms with Crippen LogP contribution in [-0.2, 0) is 4.74 Å². The molecule has 0 atom stereocenters. The van der Waals surface area contributed by atoms with Crippen LogP contribution in [0.3, 0.4) is 0 Å². The molecule has 0 unspecified atom stereocenters. The van der Waals surface area contributed by atoms with Gasteiger partial charge in [-0.15, -0.1) is 0 Å². The van der Waals surface area contributed by atoms with Gasteiger partial charge < -0.3 is 15.0 Å². The largest absolute Gasteiger partial charge is 0.381 e. The van der Waals surface area contributed by atoms with E-state index in [0.717, 1.165) is 12.0 Å². The van der Waals surface area contributed by atoms with E-state index in [1.807, 2.05) is 7.11 Å². The van der Waals surface area contributed by atoms with Crippen molar-refractivity contribution in [3.63, 3.8) is 0 Å². The molecule has 0 aromatic heterocycles. The minimum Gasteiger partial charge on any atom is -0.381 e. The van der Waals surface area contributed by atoms with E-state index in [0.29, 0.717) is 6.10 Å². The highest BCUT2D eigenvalue weighted by Gasteiger charge is 2.32. The summed E-state index contributed by atoms with van der Waals surface area (Å²) in [7, 11) is 4.10. The third-order valence-corrected chi connectivity index (χ3v) is 4.03. The van der Waals surface area contributed by atoms with Gasteiger partial charge in [0.2, 0.25) is 0 Å². The Bertz CT molecular complexity index is 186. The SMILES string of the molecule is COC1CC(N(C)CC2CCNCC2)C1. The second kappa shape index (κ2) is 5.28. The van der Waals surface area contributed by atoms with Gasteiger partial charge in [-0.2, -0.15) is 0 Å². The summed E-state index contributed by atoms with van der Waals surface area (Å²) < 4.78 is 5.32. The number of piperidine rings is 1. The van der Waals surface area contributed by atoms with Crippen LogP contribution in [0, 0.1) is 5.92 Å². The summed E-state index contributed by atoms with van der Waals surface area (Å²) in [4.78, 5) is 2.55. The van der Waals surface area contributed by atoms with Gasteiger partial charge >= 0.3 is 0 Å². The summed E-state index contributed by atoms with van der Waals surface area (Å²) in [5.41, 5.74) is 0. The van der Waals surface area contributed by atoms with Crippen molar-refractivity contribution in [2.24, 2.45) is 5.92 Å². The van der Waals surface area contributed by atoms with E-state index in [-0.39, 0.29) is 0 Å². The maximum atomic E-state index is 5.32. The highest BCUT2D eigenvalue weighted by atomic mass is 16.5. The average molecular weight is 212 g/mol. The summed E-state index contributed by atoms with van der Waals surface area (Å²) in [6, 6.07) is 0.782. The minimum atomic E-state index is 0.533. The van der Waals surface area contributed by atoms with Gasteiger partial charge in [0.1, 0.15) is 0 Å². The third-order valence-electron chi connectivity index (χ3n) is 4.03. The quantitative estimate of drug-likeness (QED) is 0.755. The molecule has 0 aromatic carbocycles. The Morgan fingerprint density at radius 1 is 1.27 bits per heavy atom. The van der Waals surface area contributed by atoms with Gasteiger partial charge in [0.25, 0.3) is 0 Å². The first-order valence-corrected chi connectivity index (χ1v) is 6.23. The summed E-state index contributed by atoms with van der Waals surface area (Å²) in [6.07, 6.45) is 5.70. The molecule has 1 heterocycles. The molecule has 88 valence electrons. The Morgan fingerprint density at radius 3 is 2.53 bits per heavy atom. The standard InChI is InChI=1S/C12H24N2O/c1-14(11-7-12(8-11)15-2)9-10-3-5-13-6-4-10/h10-13H,3-9H2,1-2H3. The van der Waals surface area contributed by atoms with Gasteiger partial charge in [-0.25, -0.2) is 0 Å². The second-order valence-electron chi connectivity index (χ2n) is 5.12. The van der Waals surface area contributed by atoms with Crippen molar-refractivity contribution in [3.8, 4) is 0 Å².